The van der Waals surface area contributed by atoms with E-state index in [-0.39, 0.29) is 0 Å². The summed E-state index contributed by atoms with van der Waals surface area (Å²) in [7, 11) is 0. The molecule has 0 spiro atoms. The number of aliphatic imine (C=N–C) groups is 2. The Morgan fingerprint density at radius 3 is 1.51 bits per heavy atom. The van der Waals surface area contributed by atoms with Gasteiger partial charge in [-0.2, -0.15) is 0 Å². The van der Waals surface area contributed by atoms with Crippen molar-refractivity contribution in [2.24, 2.45) is 9.98 Å². The number of pyridine rings is 1. The van der Waals surface area contributed by atoms with Crippen molar-refractivity contribution in [1.29, 1.82) is 0 Å². The normalized spacial score (nSPS) is 13.2. The van der Waals surface area contributed by atoms with Gasteiger partial charge in [0.2, 0.25) is 6.69 Å². The summed E-state index contributed by atoms with van der Waals surface area (Å²) in [6.45, 7) is 19.8. The first-order valence-electron chi connectivity index (χ1n) is 15.9. The third-order valence-electron chi connectivity index (χ3n) is 7.91. The van der Waals surface area contributed by atoms with Gasteiger partial charge in [0.1, 0.15) is 0 Å². The molecule has 0 bridgehead atoms. The number of rotatable bonds is 13. The monoisotopic (exact) mass is 635 g/mol. The molecule has 0 fully saturated rings. The van der Waals surface area contributed by atoms with Crippen LogP contribution < -0.4 is 0 Å². The van der Waals surface area contributed by atoms with Gasteiger partial charge in [-0.1, -0.05) is 104 Å². The first-order chi connectivity index (χ1) is 20.2. The van der Waals surface area contributed by atoms with E-state index < -0.39 is 6.69 Å². The summed E-state index contributed by atoms with van der Waals surface area (Å²) in [5.41, 5.74) is 10.9. The summed E-state index contributed by atoms with van der Waals surface area (Å²) in [6, 6.07) is 20.2. The number of unbranched alkanes of at least 4 members (excludes halogenated alkanes) is 1. The number of benzene rings is 2. The van der Waals surface area contributed by atoms with Crippen LogP contribution in [0.4, 0.5) is 11.4 Å². The molecule has 0 saturated heterocycles. The highest BCUT2D eigenvalue weighted by atomic mass is 35.7. The van der Waals surface area contributed by atoms with E-state index in [9.17, 15) is 0 Å². The first-order valence-corrected chi connectivity index (χ1v) is 20.7. The average molecular weight is 637 g/mol. The minimum Gasteiger partial charge on any atom is -0.251 e. The third-order valence-corrected chi connectivity index (χ3v) is 10.3. The molecule has 0 aliphatic heterocycles. The summed E-state index contributed by atoms with van der Waals surface area (Å²) in [6.07, 6.45) is 2.74. The van der Waals surface area contributed by atoms with Crippen LogP contribution in [-0.2, 0) is 0 Å². The van der Waals surface area contributed by atoms with Gasteiger partial charge in [0.25, 0.3) is 0 Å². The van der Waals surface area contributed by atoms with Crippen molar-refractivity contribution in [3.05, 3.63) is 88.2 Å². The number of hydrogen-bond acceptors (Lipinski definition) is 3. The van der Waals surface area contributed by atoms with Gasteiger partial charge in [-0.25, -0.2) is 4.98 Å². The van der Waals surface area contributed by atoms with Gasteiger partial charge in [-0.05, 0) is 90.4 Å². The Balaban J connectivity index is 2.14. The highest BCUT2D eigenvalue weighted by Gasteiger charge is 2.21. The lowest BCUT2D eigenvalue weighted by atomic mass is 9.92. The summed E-state index contributed by atoms with van der Waals surface area (Å²) in [5.74, 6) is 1.49. The summed E-state index contributed by atoms with van der Waals surface area (Å²) in [4.78, 5) is 15.8. The van der Waals surface area contributed by atoms with Gasteiger partial charge in [0, 0.05) is 0 Å². The fraction of sp³-hybridized carbons (Fsp3) is 0.486. The molecular formula is C37H51Cl2N3Si. The molecule has 0 aliphatic rings. The van der Waals surface area contributed by atoms with Crippen LogP contribution >= 0.6 is 22.2 Å². The standard InChI is InChI=1S/C37H51Cl2N3Si/c1-24(2)29-16-13-17-30(25(3)4)36(29)40-28(9)33-21-15-22-34(41-33)35(20-11-12-23-43(10,38)39)42-37-31(26(5)6)18-14-19-32(37)27(7)8/h13-19,21-22,24-27H,11-12,20,23H2,1-10H3. The quantitative estimate of drug-likeness (QED) is 0.0796. The van der Waals surface area contributed by atoms with Gasteiger partial charge in [0.15, 0.2) is 0 Å². The molecule has 6 heteroatoms. The average Bonchev–Trinajstić information content (AvgIpc) is 2.93. The highest BCUT2D eigenvalue weighted by Crippen LogP contribution is 2.37. The number of aromatic nitrogens is 1. The van der Waals surface area contributed by atoms with E-state index in [2.05, 4.69) is 117 Å². The second-order valence-electron chi connectivity index (χ2n) is 13.1. The van der Waals surface area contributed by atoms with Crippen LogP contribution in [-0.4, -0.2) is 23.1 Å². The molecule has 0 atom stereocenters. The zero-order valence-electron chi connectivity index (χ0n) is 27.9. The van der Waals surface area contributed by atoms with Crippen LogP contribution in [0, 0.1) is 0 Å². The molecule has 0 N–H and O–H groups in total. The second kappa shape index (κ2) is 15.6. The molecule has 0 unspecified atom stereocenters. The van der Waals surface area contributed by atoms with Crippen molar-refractivity contribution < 1.29 is 0 Å². The predicted octanol–water partition coefficient (Wildman–Crippen LogP) is 12.6. The van der Waals surface area contributed by atoms with E-state index in [1.54, 1.807) is 0 Å². The molecule has 0 saturated carbocycles. The van der Waals surface area contributed by atoms with Crippen molar-refractivity contribution in [2.45, 2.75) is 118 Å². The SMILES string of the molecule is CC(=Nc1c(C(C)C)cccc1C(C)C)c1cccc(C(CCCC[Si](C)(Cl)Cl)=Nc2c(C(C)C)cccc2C(C)C)n1. The molecule has 3 rings (SSSR count). The lowest BCUT2D eigenvalue weighted by Crippen LogP contribution is -2.12. The lowest BCUT2D eigenvalue weighted by molar-refractivity contribution is 0.820. The molecule has 0 radical (unpaired) electrons. The zero-order valence-corrected chi connectivity index (χ0v) is 30.4. The van der Waals surface area contributed by atoms with Crippen LogP contribution in [0.1, 0.15) is 139 Å². The first kappa shape index (κ1) is 35.2. The van der Waals surface area contributed by atoms with Gasteiger partial charge < -0.3 is 0 Å². The fourth-order valence-electron chi connectivity index (χ4n) is 5.41. The maximum absolute atomic E-state index is 6.44. The predicted molar refractivity (Wildman–Crippen MR) is 194 cm³/mol. The largest absolute Gasteiger partial charge is 0.251 e. The fourth-order valence-corrected chi connectivity index (χ4v) is 7.08. The Labute approximate surface area is 271 Å². The Kier molecular flexibility index (Phi) is 12.8. The maximum Gasteiger partial charge on any atom is 0.248 e. The molecule has 1 aromatic heterocycles. The van der Waals surface area contributed by atoms with Crippen LogP contribution in [0.2, 0.25) is 12.6 Å². The molecule has 232 valence electrons. The molecule has 2 aromatic carbocycles. The van der Waals surface area contributed by atoms with Gasteiger partial charge in [0.05, 0.1) is 34.2 Å². The molecule has 1 heterocycles. The van der Waals surface area contributed by atoms with Crippen molar-refractivity contribution in [1.82, 2.24) is 4.98 Å². The smallest absolute Gasteiger partial charge is 0.248 e. The number of para-hydroxylation sites is 2. The maximum atomic E-state index is 6.44. The van der Waals surface area contributed by atoms with E-state index in [1.807, 2.05) is 6.55 Å². The minimum absolute atomic E-state index is 0.364. The van der Waals surface area contributed by atoms with Gasteiger partial charge >= 0.3 is 0 Å². The summed E-state index contributed by atoms with van der Waals surface area (Å²) in [5, 5.41) is 0. The lowest BCUT2D eigenvalue weighted by Gasteiger charge is -2.18. The molecule has 3 aromatic rings. The summed E-state index contributed by atoms with van der Waals surface area (Å²) >= 11 is 12.9. The number of halogens is 2. The Hall–Kier alpha value is -2.27. The molecular weight excluding hydrogens is 585 g/mol. The van der Waals surface area contributed by atoms with E-state index in [0.29, 0.717) is 23.7 Å². The molecule has 3 nitrogen and oxygen atoms in total. The van der Waals surface area contributed by atoms with E-state index in [4.69, 9.17) is 37.1 Å². The molecule has 0 amide bonds. The van der Waals surface area contributed by atoms with Gasteiger partial charge in [-0.3, -0.25) is 9.98 Å². The van der Waals surface area contributed by atoms with Crippen molar-refractivity contribution in [3.8, 4) is 0 Å². The van der Waals surface area contributed by atoms with E-state index >= 15 is 0 Å². The zero-order chi connectivity index (χ0) is 31.9. The van der Waals surface area contributed by atoms with Crippen LogP contribution in [0.5, 0.6) is 0 Å². The Morgan fingerprint density at radius 2 is 1.07 bits per heavy atom. The van der Waals surface area contributed by atoms with Crippen LogP contribution in [0.3, 0.4) is 0 Å². The summed E-state index contributed by atoms with van der Waals surface area (Å²) < 4.78 is 0. The van der Waals surface area contributed by atoms with Crippen molar-refractivity contribution in [2.75, 3.05) is 0 Å². The van der Waals surface area contributed by atoms with E-state index in [1.165, 1.54) is 22.3 Å². The van der Waals surface area contributed by atoms with Crippen LogP contribution in [0.25, 0.3) is 0 Å². The number of hydrogen-bond donors (Lipinski definition) is 0. The molecule has 0 aliphatic carbocycles. The van der Waals surface area contributed by atoms with Gasteiger partial charge in [-0.15, -0.1) is 22.2 Å². The third kappa shape index (κ3) is 9.86. The Bertz CT molecular complexity index is 1380. The van der Waals surface area contributed by atoms with E-state index in [0.717, 1.165) is 59.5 Å². The molecule has 43 heavy (non-hydrogen) atoms. The number of nitrogens with zero attached hydrogens (tertiary/aromatic N) is 3. The van der Waals surface area contributed by atoms with Crippen LogP contribution in [0.15, 0.2) is 64.6 Å². The van der Waals surface area contributed by atoms with Crippen molar-refractivity contribution in [3.63, 3.8) is 0 Å². The Morgan fingerprint density at radius 1 is 0.651 bits per heavy atom. The topological polar surface area (TPSA) is 37.6 Å². The van der Waals surface area contributed by atoms with Crippen molar-refractivity contribution >= 4 is 51.6 Å². The second-order valence-corrected chi connectivity index (χ2v) is 21.4. The highest BCUT2D eigenvalue weighted by molar-refractivity contribution is 7.44. The minimum atomic E-state index is -2.14.